The van der Waals surface area contributed by atoms with Crippen LogP contribution >= 0.6 is 38.9 Å². The maximum absolute atomic E-state index is 6.12. The minimum absolute atomic E-state index is 0.830. The van der Waals surface area contributed by atoms with Gasteiger partial charge in [-0.05, 0) is 33.6 Å². The van der Waals surface area contributed by atoms with Gasteiger partial charge in [0.2, 0.25) is 0 Å². The van der Waals surface area contributed by atoms with E-state index >= 15 is 0 Å². The van der Waals surface area contributed by atoms with Gasteiger partial charge in [-0.25, -0.2) is 0 Å². The van der Waals surface area contributed by atoms with Gasteiger partial charge in [-0.15, -0.1) is 11.3 Å². The highest BCUT2D eigenvalue weighted by atomic mass is 79.9. The molecule has 0 atom stereocenters. The van der Waals surface area contributed by atoms with Crippen LogP contribution in [0.4, 0.5) is 5.69 Å². The molecule has 0 spiro atoms. The third-order valence-corrected chi connectivity index (χ3v) is 5.71. The van der Waals surface area contributed by atoms with Gasteiger partial charge < -0.3 is 10.2 Å². The van der Waals surface area contributed by atoms with Gasteiger partial charge >= 0.3 is 0 Å². The Morgan fingerprint density at radius 1 is 1.37 bits per heavy atom. The predicted molar refractivity (Wildman–Crippen MR) is 86.2 cm³/mol. The Morgan fingerprint density at radius 2 is 2.21 bits per heavy atom. The summed E-state index contributed by atoms with van der Waals surface area (Å²) >= 11 is 11.2. The molecule has 1 N–H and O–H groups in total. The molecule has 3 rings (SSSR count). The van der Waals surface area contributed by atoms with Crippen LogP contribution in [0.2, 0.25) is 4.34 Å². The van der Waals surface area contributed by atoms with E-state index in [1.165, 1.54) is 16.1 Å². The molecule has 1 aliphatic rings. The van der Waals surface area contributed by atoms with Crippen molar-refractivity contribution >= 4 is 44.6 Å². The minimum Gasteiger partial charge on any atom is -0.365 e. The molecule has 0 fully saturated rings. The number of rotatable bonds is 2. The van der Waals surface area contributed by atoms with Crippen LogP contribution in [0.15, 0.2) is 34.8 Å². The number of thiophene rings is 1. The van der Waals surface area contributed by atoms with Crippen molar-refractivity contribution in [3.05, 3.63) is 49.6 Å². The van der Waals surface area contributed by atoms with Crippen LogP contribution in [-0.4, -0.2) is 13.1 Å². The Hall–Kier alpha value is -0.550. The monoisotopic (exact) mass is 356 g/mol. The van der Waals surface area contributed by atoms with Gasteiger partial charge in [0.25, 0.3) is 0 Å². The molecule has 0 unspecified atom stereocenters. The van der Waals surface area contributed by atoms with E-state index in [9.17, 15) is 0 Å². The molecule has 2 aromatic rings. The lowest BCUT2D eigenvalue weighted by atomic mass is 10.1. The first-order valence-corrected chi connectivity index (χ1v) is 8.20. The van der Waals surface area contributed by atoms with Crippen molar-refractivity contribution in [1.82, 2.24) is 5.32 Å². The van der Waals surface area contributed by atoms with Gasteiger partial charge in [-0.1, -0.05) is 29.8 Å². The third-order valence-electron chi connectivity index (χ3n) is 3.25. The van der Waals surface area contributed by atoms with Crippen LogP contribution in [0.1, 0.15) is 10.4 Å². The highest BCUT2D eigenvalue weighted by Crippen LogP contribution is 2.34. The molecule has 1 aromatic carbocycles. The SMILES string of the molecule is Clc1sc(CN2CCNCc3ccccc32)cc1Br. The van der Waals surface area contributed by atoms with E-state index in [-0.39, 0.29) is 0 Å². The van der Waals surface area contributed by atoms with Gasteiger partial charge in [-0.2, -0.15) is 0 Å². The molecular formula is C14H14BrClN2S. The minimum atomic E-state index is 0.830. The van der Waals surface area contributed by atoms with Gasteiger partial charge in [0.15, 0.2) is 0 Å². The maximum atomic E-state index is 6.12. The third kappa shape index (κ3) is 2.97. The summed E-state index contributed by atoms with van der Waals surface area (Å²) in [4.78, 5) is 3.71. The highest BCUT2D eigenvalue weighted by Gasteiger charge is 2.16. The average Bonchev–Trinajstić information content (AvgIpc) is 2.62. The second-order valence-corrected chi connectivity index (χ2v) is 7.15. The van der Waals surface area contributed by atoms with Crippen LogP contribution in [0.25, 0.3) is 0 Å². The predicted octanol–water partition coefficient (Wildman–Crippen LogP) is 4.27. The summed E-state index contributed by atoms with van der Waals surface area (Å²) in [6.45, 7) is 3.88. The van der Waals surface area contributed by atoms with E-state index in [0.29, 0.717) is 0 Å². The number of anilines is 1. The van der Waals surface area contributed by atoms with Crippen LogP contribution in [0.3, 0.4) is 0 Å². The molecule has 2 nitrogen and oxygen atoms in total. The fraction of sp³-hybridized carbons (Fsp3) is 0.286. The van der Waals surface area contributed by atoms with Crippen molar-refractivity contribution in [3.63, 3.8) is 0 Å². The van der Waals surface area contributed by atoms with Crippen molar-refractivity contribution in [2.24, 2.45) is 0 Å². The molecule has 0 saturated heterocycles. The van der Waals surface area contributed by atoms with E-state index in [1.807, 2.05) is 0 Å². The first-order valence-electron chi connectivity index (χ1n) is 6.21. The number of nitrogens with zero attached hydrogens (tertiary/aromatic N) is 1. The lowest BCUT2D eigenvalue weighted by Crippen LogP contribution is -2.27. The molecule has 2 heterocycles. The summed E-state index contributed by atoms with van der Waals surface area (Å²) in [6.07, 6.45) is 0. The zero-order valence-corrected chi connectivity index (χ0v) is 13.5. The van der Waals surface area contributed by atoms with E-state index in [4.69, 9.17) is 11.6 Å². The van der Waals surface area contributed by atoms with Crippen molar-refractivity contribution in [1.29, 1.82) is 0 Å². The van der Waals surface area contributed by atoms with Crippen molar-refractivity contribution in [2.45, 2.75) is 13.1 Å². The van der Waals surface area contributed by atoms with E-state index in [0.717, 1.165) is 35.0 Å². The highest BCUT2D eigenvalue weighted by molar-refractivity contribution is 9.10. The smallest absolute Gasteiger partial charge is 0.107 e. The summed E-state index contributed by atoms with van der Waals surface area (Å²) in [5, 5.41) is 3.46. The molecule has 1 aromatic heterocycles. The van der Waals surface area contributed by atoms with Crippen molar-refractivity contribution in [3.8, 4) is 0 Å². The second kappa shape index (κ2) is 5.83. The number of halogens is 2. The topological polar surface area (TPSA) is 15.3 Å². The van der Waals surface area contributed by atoms with Crippen LogP contribution in [-0.2, 0) is 13.1 Å². The molecule has 5 heteroatoms. The Labute approximate surface area is 130 Å². The van der Waals surface area contributed by atoms with E-state index in [2.05, 4.69) is 56.5 Å². The Bertz CT molecular complexity index is 565. The molecule has 0 amide bonds. The summed E-state index contributed by atoms with van der Waals surface area (Å²) < 4.78 is 1.83. The number of para-hydroxylation sites is 1. The molecule has 0 bridgehead atoms. The van der Waals surface area contributed by atoms with Crippen molar-refractivity contribution < 1.29 is 0 Å². The van der Waals surface area contributed by atoms with Crippen LogP contribution in [0, 0.1) is 0 Å². The summed E-state index contributed by atoms with van der Waals surface area (Å²) in [5.41, 5.74) is 2.69. The number of hydrogen-bond acceptors (Lipinski definition) is 3. The molecular weight excluding hydrogens is 344 g/mol. The summed E-state index contributed by atoms with van der Waals surface area (Å²) in [7, 11) is 0. The summed E-state index contributed by atoms with van der Waals surface area (Å²) in [6, 6.07) is 10.7. The van der Waals surface area contributed by atoms with Gasteiger partial charge in [-0.3, -0.25) is 0 Å². The zero-order chi connectivity index (χ0) is 13.2. The fourth-order valence-electron chi connectivity index (χ4n) is 2.35. The van der Waals surface area contributed by atoms with E-state index < -0.39 is 0 Å². The number of benzene rings is 1. The standard InChI is InChI=1S/C14H14BrClN2S/c15-12-7-11(19-14(12)16)9-18-6-5-17-8-10-3-1-2-4-13(10)18/h1-4,7,17H,5-6,8-9H2. The summed E-state index contributed by atoms with van der Waals surface area (Å²) in [5.74, 6) is 0. The zero-order valence-electron chi connectivity index (χ0n) is 10.3. The Kier molecular flexibility index (Phi) is 4.12. The number of fused-ring (bicyclic) bond motifs is 1. The lowest BCUT2D eigenvalue weighted by Gasteiger charge is -2.23. The van der Waals surface area contributed by atoms with E-state index in [1.54, 1.807) is 11.3 Å². The first-order chi connectivity index (χ1) is 9.24. The average molecular weight is 358 g/mol. The van der Waals surface area contributed by atoms with Crippen LogP contribution in [0.5, 0.6) is 0 Å². The van der Waals surface area contributed by atoms with Gasteiger partial charge in [0.1, 0.15) is 4.34 Å². The number of nitrogens with one attached hydrogen (secondary N) is 1. The quantitative estimate of drug-likeness (QED) is 0.863. The first kappa shape index (κ1) is 13.4. The van der Waals surface area contributed by atoms with Crippen LogP contribution < -0.4 is 10.2 Å². The lowest BCUT2D eigenvalue weighted by molar-refractivity contribution is 0.690. The largest absolute Gasteiger partial charge is 0.365 e. The molecule has 0 saturated carbocycles. The van der Waals surface area contributed by atoms with Crippen molar-refractivity contribution in [2.75, 3.05) is 18.0 Å². The molecule has 0 aliphatic carbocycles. The Morgan fingerprint density at radius 3 is 3.00 bits per heavy atom. The maximum Gasteiger partial charge on any atom is 0.107 e. The Balaban J connectivity index is 1.88. The molecule has 19 heavy (non-hydrogen) atoms. The second-order valence-electron chi connectivity index (χ2n) is 4.56. The van der Waals surface area contributed by atoms with Gasteiger partial charge in [0, 0.05) is 34.7 Å². The fourth-order valence-corrected chi connectivity index (χ4v) is 4.15. The molecule has 100 valence electrons. The number of hydrogen-bond donors (Lipinski definition) is 1. The molecule has 0 radical (unpaired) electrons. The normalized spacial score (nSPS) is 15.2. The molecule has 1 aliphatic heterocycles. The van der Waals surface area contributed by atoms with Gasteiger partial charge in [0.05, 0.1) is 6.54 Å².